The van der Waals surface area contributed by atoms with Crippen LogP contribution in [-0.4, -0.2) is 16.3 Å². The molecule has 0 atom stereocenters. The number of hydrogen-bond acceptors (Lipinski definition) is 2. The van der Waals surface area contributed by atoms with Gasteiger partial charge in [0.25, 0.3) is 0 Å². The number of aromatic amines is 1. The van der Waals surface area contributed by atoms with E-state index in [1.54, 1.807) is 6.20 Å². The minimum atomic E-state index is 0.470. The third-order valence-electron chi connectivity index (χ3n) is 2.26. The van der Waals surface area contributed by atoms with E-state index in [1.165, 1.54) is 5.56 Å². The molecule has 0 fully saturated rings. The standard InChI is InChI=1S/C12H12N2O/c15-9-11-8-13-12(14-11)7-6-10-4-2-1-3-5-10/h1-5,8-9H,6-7H2,(H,13,14). The van der Waals surface area contributed by atoms with Crippen molar-refractivity contribution in [2.45, 2.75) is 12.8 Å². The zero-order valence-corrected chi connectivity index (χ0v) is 8.31. The topological polar surface area (TPSA) is 45.8 Å². The highest BCUT2D eigenvalue weighted by atomic mass is 16.1. The number of carbonyl (C=O) groups excluding carboxylic acids is 1. The zero-order valence-electron chi connectivity index (χ0n) is 8.31. The van der Waals surface area contributed by atoms with Crippen LogP contribution in [0.2, 0.25) is 0 Å². The van der Waals surface area contributed by atoms with E-state index in [0.29, 0.717) is 5.69 Å². The molecule has 1 heterocycles. The molecule has 0 amide bonds. The van der Waals surface area contributed by atoms with Gasteiger partial charge in [0.05, 0.1) is 0 Å². The molecule has 2 rings (SSSR count). The van der Waals surface area contributed by atoms with Crippen LogP contribution in [0.3, 0.4) is 0 Å². The summed E-state index contributed by atoms with van der Waals surface area (Å²) in [5.41, 5.74) is 1.75. The predicted molar refractivity (Wildman–Crippen MR) is 57.8 cm³/mol. The second-order valence-corrected chi connectivity index (χ2v) is 3.38. The van der Waals surface area contributed by atoms with Crippen molar-refractivity contribution in [3.63, 3.8) is 0 Å². The summed E-state index contributed by atoms with van der Waals surface area (Å²) < 4.78 is 0. The molecular formula is C12H12N2O. The summed E-state index contributed by atoms with van der Waals surface area (Å²) in [7, 11) is 0. The van der Waals surface area contributed by atoms with E-state index >= 15 is 0 Å². The van der Waals surface area contributed by atoms with Crippen molar-refractivity contribution in [2.24, 2.45) is 0 Å². The quantitative estimate of drug-likeness (QED) is 0.767. The summed E-state index contributed by atoms with van der Waals surface area (Å²) >= 11 is 0. The van der Waals surface area contributed by atoms with Crippen LogP contribution in [0.25, 0.3) is 0 Å². The number of rotatable bonds is 4. The van der Waals surface area contributed by atoms with E-state index in [-0.39, 0.29) is 0 Å². The summed E-state index contributed by atoms with van der Waals surface area (Å²) in [6.07, 6.45) is 4.15. The third-order valence-corrected chi connectivity index (χ3v) is 2.26. The molecule has 0 saturated carbocycles. The van der Waals surface area contributed by atoms with Crippen molar-refractivity contribution in [1.82, 2.24) is 9.97 Å². The minimum absolute atomic E-state index is 0.470. The Bertz CT molecular complexity index is 434. The smallest absolute Gasteiger partial charge is 0.169 e. The molecule has 0 radical (unpaired) electrons. The fourth-order valence-electron chi connectivity index (χ4n) is 1.47. The molecule has 2 aromatic rings. The summed E-state index contributed by atoms with van der Waals surface area (Å²) in [6, 6.07) is 10.2. The van der Waals surface area contributed by atoms with Gasteiger partial charge in [0.1, 0.15) is 11.5 Å². The highest BCUT2D eigenvalue weighted by molar-refractivity contribution is 5.71. The van der Waals surface area contributed by atoms with Crippen LogP contribution in [0.15, 0.2) is 36.5 Å². The van der Waals surface area contributed by atoms with Crippen LogP contribution in [0.1, 0.15) is 21.9 Å². The number of carbonyl (C=O) groups is 1. The van der Waals surface area contributed by atoms with Crippen LogP contribution in [0.4, 0.5) is 0 Å². The van der Waals surface area contributed by atoms with Crippen molar-refractivity contribution in [1.29, 1.82) is 0 Å². The van der Waals surface area contributed by atoms with Crippen molar-refractivity contribution in [3.8, 4) is 0 Å². The first-order valence-electron chi connectivity index (χ1n) is 4.92. The second kappa shape index (κ2) is 4.55. The second-order valence-electron chi connectivity index (χ2n) is 3.38. The Kier molecular flexibility index (Phi) is 2.93. The number of benzene rings is 1. The number of H-pyrrole nitrogens is 1. The molecule has 0 aliphatic carbocycles. The maximum Gasteiger partial charge on any atom is 0.169 e. The van der Waals surface area contributed by atoms with Gasteiger partial charge in [-0.1, -0.05) is 30.3 Å². The van der Waals surface area contributed by atoms with E-state index in [9.17, 15) is 4.79 Å². The van der Waals surface area contributed by atoms with Gasteiger partial charge in [0.15, 0.2) is 6.29 Å². The van der Waals surface area contributed by atoms with Crippen LogP contribution < -0.4 is 0 Å². The molecular weight excluding hydrogens is 188 g/mol. The van der Waals surface area contributed by atoms with E-state index in [1.807, 2.05) is 18.2 Å². The molecule has 1 aromatic heterocycles. The van der Waals surface area contributed by atoms with E-state index in [2.05, 4.69) is 22.1 Å². The first-order valence-corrected chi connectivity index (χ1v) is 4.92. The SMILES string of the molecule is O=Cc1c[nH]c(CCc2ccccc2)n1. The lowest BCUT2D eigenvalue weighted by Gasteiger charge is -1.97. The van der Waals surface area contributed by atoms with Gasteiger partial charge in [-0.3, -0.25) is 4.79 Å². The number of aromatic nitrogens is 2. The van der Waals surface area contributed by atoms with E-state index in [4.69, 9.17) is 0 Å². The Hall–Kier alpha value is -1.90. The van der Waals surface area contributed by atoms with Crippen LogP contribution in [0, 0.1) is 0 Å². The molecule has 1 N–H and O–H groups in total. The highest BCUT2D eigenvalue weighted by Gasteiger charge is 2.00. The van der Waals surface area contributed by atoms with Crippen LogP contribution in [-0.2, 0) is 12.8 Å². The Morgan fingerprint density at radius 1 is 1.20 bits per heavy atom. The Labute approximate surface area is 88.2 Å². The van der Waals surface area contributed by atoms with Gasteiger partial charge >= 0.3 is 0 Å². The number of nitrogens with zero attached hydrogens (tertiary/aromatic N) is 1. The summed E-state index contributed by atoms with van der Waals surface area (Å²) in [4.78, 5) is 17.5. The predicted octanol–water partition coefficient (Wildman–Crippen LogP) is 2.01. The molecule has 76 valence electrons. The molecule has 3 nitrogen and oxygen atoms in total. The van der Waals surface area contributed by atoms with Gasteiger partial charge in [-0.25, -0.2) is 4.98 Å². The van der Waals surface area contributed by atoms with Gasteiger partial charge in [-0.15, -0.1) is 0 Å². The lowest BCUT2D eigenvalue weighted by atomic mass is 10.1. The van der Waals surface area contributed by atoms with Crippen LogP contribution in [0.5, 0.6) is 0 Å². The monoisotopic (exact) mass is 200 g/mol. The summed E-state index contributed by atoms with van der Waals surface area (Å²) in [6.45, 7) is 0. The van der Waals surface area contributed by atoms with Gasteiger partial charge in [0.2, 0.25) is 0 Å². The molecule has 3 heteroatoms. The third kappa shape index (κ3) is 2.53. The largest absolute Gasteiger partial charge is 0.348 e. The molecule has 0 bridgehead atoms. The van der Waals surface area contributed by atoms with Gasteiger partial charge < -0.3 is 4.98 Å². The molecule has 1 aromatic carbocycles. The number of nitrogens with one attached hydrogen (secondary N) is 1. The number of imidazole rings is 1. The molecule has 0 spiro atoms. The van der Waals surface area contributed by atoms with Gasteiger partial charge in [-0.2, -0.15) is 0 Å². The molecule has 15 heavy (non-hydrogen) atoms. The number of hydrogen-bond donors (Lipinski definition) is 1. The molecule has 0 aliphatic rings. The first kappa shape index (κ1) is 9.65. The fourth-order valence-corrected chi connectivity index (χ4v) is 1.47. The normalized spacial score (nSPS) is 10.1. The van der Waals surface area contributed by atoms with Gasteiger partial charge in [0, 0.05) is 12.6 Å². The lowest BCUT2D eigenvalue weighted by Crippen LogP contribution is -1.93. The van der Waals surface area contributed by atoms with Crippen molar-refractivity contribution in [3.05, 3.63) is 53.6 Å². The maximum atomic E-state index is 10.4. The first-order chi connectivity index (χ1) is 7.38. The van der Waals surface area contributed by atoms with E-state index < -0.39 is 0 Å². The number of aryl methyl sites for hydroxylation is 2. The van der Waals surface area contributed by atoms with Crippen molar-refractivity contribution in [2.75, 3.05) is 0 Å². The maximum absolute atomic E-state index is 10.4. The Morgan fingerprint density at radius 3 is 2.67 bits per heavy atom. The molecule has 0 unspecified atom stereocenters. The fraction of sp³-hybridized carbons (Fsp3) is 0.167. The number of aldehydes is 1. The summed E-state index contributed by atoms with van der Waals surface area (Å²) in [5.74, 6) is 0.862. The average molecular weight is 200 g/mol. The highest BCUT2D eigenvalue weighted by Crippen LogP contribution is 2.04. The van der Waals surface area contributed by atoms with E-state index in [0.717, 1.165) is 25.0 Å². The lowest BCUT2D eigenvalue weighted by molar-refractivity contribution is 0.111. The summed E-state index contributed by atoms with van der Waals surface area (Å²) in [5, 5.41) is 0. The van der Waals surface area contributed by atoms with Crippen molar-refractivity contribution >= 4 is 6.29 Å². The molecule has 0 saturated heterocycles. The molecule has 0 aliphatic heterocycles. The van der Waals surface area contributed by atoms with Crippen LogP contribution >= 0.6 is 0 Å². The Morgan fingerprint density at radius 2 is 2.00 bits per heavy atom. The Balaban J connectivity index is 1.96. The minimum Gasteiger partial charge on any atom is -0.348 e. The average Bonchev–Trinajstić information content (AvgIpc) is 2.76. The zero-order chi connectivity index (χ0) is 10.5. The van der Waals surface area contributed by atoms with Crippen molar-refractivity contribution < 1.29 is 4.79 Å². The van der Waals surface area contributed by atoms with Gasteiger partial charge in [-0.05, 0) is 12.0 Å².